The second-order valence-corrected chi connectivity index (χ2v) is 6.76. The van der Waals surface area contributed by atoms with E-state index in [2.05, 4.69) is 10.2 Å². The molecule has 2 N–H and O–H groups in total. The van der Waals surface area contributed by atoms with E-state index < -0.39 is 30.1 Å². The van der Waals surface area contributed by atoms with Gasteiger partial charge in [-0.2, -0.15) is 13.2 Å². The molecule has 1 aromatic heterocycles. The molecule has 2 aliphatic heterocycles. The molecule has 3 rings (SSSR count). The monoisotopic (exact) mass is 392 g/mol. The molecule has 1 fully saturated rings. The lowest BCUT2D eigenvalue weighted by Crippen LogP contribution is -2.49. The highest BCUT2D eigenvalue weighted by Crippen LogP contribution is 2.29. The van der Waals surface area contributed by atoms with Crippen LogP contribution in [0.15, 0.2) is 0 Å². The third-order valence-corrected chi connectivity index (χ3v) is 4.72. The van der Waals surface area contributed by atoms with Gasteiger partial charge in [0.2, 0.25) is 11.7 Å². The largest absolute Gasteiger partial charge is 0.451 e. The van der Waals surface area contributed by atoms with Crippen LogP contribution in [0.4, 0.5) is 17.6 Å². The van der Waals surface area contributed by atoms with Gasteiger partial charge in [0.25, 0.3) is 5.91 Å². The summed E-state index contributed by atoms with van der Waals surface area (Å²) in [6.07, 6.45) is -5.50. The molecule has 12 heteroatoms. The van der Waals surface area contributed by atoms with Gasteiger partial charge >= 0.3 is 6.18 Å². The van der Waals surface area contributed by atoms with Gasteiger partial charge in [0.15, 0.2) is 12.0 Å². The molecule has 1 saturated heterocycles. The Morgan fingerprint density at radius 1 is 1.26 bits per heavy atom. The summed E-state index contributed by atoms with van der Waals surface area (Å²) in [7, 11) is 0. The van der Waals surface area contributed by atoms with Gasteiger partial charge in [-0.25, -0.2) is 4.39 Å². The predicted octanol–water partition coefficient (Wildman–Crippen LogP) is 0.317. The molecule has 8 nitrogen and oxygen atoms in total. The molecule has 0 aromatic carbocycles. The van der Waals surface area contributed by atoms with Crippen LogP contribution in [0, 0.1) is 0 Å². The van der Waals surface area contributed by atoms with Crippen LogP contribution >= 0.6 is 0 Å². The van der Waals surface area contributed by atoms with Crippen molar-refractivity contribution in [2.45, 2.75) is 50.7 Å². The van der Waals surface area contributed by atoms with Crippen molar-refractivity contribution in [1.82, 2.24) is 24.6 Å². The number of hydrogen-bond donors (Lipinski definition) is 1. The van der Waals surface area contributed by atoms with Gasteiger partial charge < -0.3 is 20.1 Å². The van der Waals surface area contributed by atoms with Gasteiger partial charge in [-0.05, 0) is 12.8 Å². The molecular weight excluding hydrogens is 372 g/mol. The molecule has 150 valence electrons. The van der Waals surface area contributed by atoms with Crippen LogP contribution in [-0.2, 0) is 28.9 Å². The van der Waals surface area contributed by atoms with E-state index in [4.69, 9.17) is 5.73 Å². The lowest BCUT2D eigenvalue weighted by atomic mass is 10.1. The fraction of sp³-hybridized carbons (Fsp3) is 0.733. The molecular formula is C15H20F4N6O2. The van der Waals surface area contributed by atoms with Crippen LogP contribution < -0.4 is 5.73 Å². The van der Waals surface area contributed by atoms with Crippen molar-refractivity contribution >= 4 is 11.8 Å². The minimum Gasteiger partial charge on any atom is -0.339 e. The Labute approximate surface area is 152 Å². The molecule has 27 heavy (non-hydrogen) atoms. The van der Waals surface area contributed by atoms with Crippen LogP contribution in [0.2, 0.25) is 0 Å². The van der Waals surface area contributed by atoms with Crippen LogP contribution in [-0.4, -0.2) is 68.2 Å². The van der Waals surface area contributed by atoms with Crippen molar-refractivity contribution in [3.05, 3.63) is 11.6 Å². The number of alkyl halides is 4. The first kappa shape index (κ1) is 19.5. The first-order valence-electron chi connectivity index (χ1n) is 8.62. The maximum absolute atomic E-state index is 13.5. The number of aromatic nitrogens is 3. The van der Waals surface area contributed by atoms with E-state index in [1.807, 2.05) is 0 Å². The predicted molar refractivity (Wildman–Crippen MR) is 83.7 cm³/mol. The lowest BCUT2D eigenvalue weighted by molar-refractivity contribution is -0.148. The summed E-state index contributed by atoms with van der Waals surface area (Å²) in [5.74, 6) is -1.99. The average Bonchev–Trinajstić information content (AvgIpc) is 3.02. The summed E-state index contributed by atoms with van der Waals surface area (Å²) in [6.45, 7) is 0.381. The zero-order valence-corrected chi connectivity index (χ0v) is 14.5. The topological polar surface area (TPSA) is 97.3 Å². The van der Waals surface area contributed by atoms with Crippen molar-refractivity contribution in [3.63, 3.8) is 0 Å². The smallest absolute Gasteiger partial charge is 0.339 e. The average molecular weight is 392 g/mol. The summed E-state index contributed by atoms with van der Waals surface area (Å²) >= 11 is 0. The van der Waals surface area contributed by atoms with Gasteiger partial charge in [-0.3, -0.25) is 9.59 Å². The summed E-state index contributed by atoms with van der Waals surface area (Å²) in [5.41, 5.74) is 5.93. The molecule has 2 atom stereocenters. The molecule has 0 spiro atoms. The number of carbonyl (C=O) groups excluding carboxylic acids is 2. The number of halogens is 4. The molecule has 0 aliphatic carbocycles. The Hall–Kier alpha value is -2.24. The van der Waals surface area contributed by atoms with E-state index in [1.165, 1.54) is 9.80 Å². The number of nitrogens with zero attached hydrogens (tertiary/aromatic N) is 5. The Morgan fingerprint density at radius 3 is 2.70 bits per heavy atom. The highest BCUT2D eigenvalue weighted by atomic mass is 19.4. The fourth-order valence-corrected chi connectivity index (χ4v) is 3.36. The molecule has 0 saturated carbocycles. The Kier molecular flexibility index (Phi) is 5.36. The van der Waals surface area contributed by atoms with Crippen molar-refractivity contribution in [3.8, 4) is 0 Å². The summed E-state index contributed by atoms with van der Waals surface area (Å²) in [4.78, 5) is 26.8. The second kappa shape index (κ2) is 7.41. The Morgan fingerprint density at radius 2 is 2.00 bits per heavy atom. The Balaban J connectivity index is 1.56. The summed E-state index contributed by atoms with van der Waals surface area (Å²) in [5, 5.41) is 6.68. The lowest BCUT2D eigenvalue weighted by Gasteiger charge is -2.32. The van der Waals surface area contributed by atoms with Crippen LogP contribution in [0.1, 0.15) is 30.9 Å². The number of likely N-dealkylation sites (tertiary alicyclic amines) is 1. The van der Waals surface area contributed by atoms with Crippen molar-refractivity contribution in [1.29, 1.82) is 0 Å². The normalized spacial score (nSPS) is 22.0. The van der Waals surface area contributed by atoms with E-state index in [-0.39, 0.29) is 50.8 Å². The number of hydrogen-bond acceptors (Lipinski definition) is 5. The van der Waals surface area contributed by atoms with Crippen LogP contribution in [0.5, 0.6) is 0 Å². The number of fused-ring (bicyclic) bond motifs is 1. The third kappa shape index (κ3) is 4.20. The molecule has 2 aliphatic rings. The summed E-state index contributed by atoms with van der Waals surface area (Å²) in [6, 6.07) is -0.683. The quantitative estimate of drug-likeness (QED) is 0.745. The van der Waals surface area contributed by atoms with Gasteiger partial charge in [0, 0.05) is 38.6 Å². The minimum atomic E-state index is -4.60. The molecule has 1 unspecified atom stereocenters. The first-order valence-corrected chi connectivity index (χ1v) is 8.62. The third-order valence-electron chi connectivity index (χ3n) is 4.72. The number of carbonyl (C=O) groups is 2. The SMILES string of the molecule is N[C@@H](CC(=O)N1CCn2c(nnc2C(F)(F)F)C1)CN1CCCC(F)C1=O. The zero-order valence-electron chi connectivity index (χ0n) is 14.5. The minimum absolute atomic E-state index is 0.0574. The van der Waals surface area contributed by atoms with E-state index in [9.17, 15) is 27.2 Å². The van der Waals surface area contributed by atoms with Crippen LogP contribution in [0.3, 0.4) is 0 Å². The highest BCUT2D eigenvalue weighted by molar-refractivity contribution is 5.81. The fourth-order valence-electron chi connectivity index (χ4n) is 3.36. The van der Waals surface area contributed by atoms with Crippen molar-refractivity contribution < 1.29 is 27.2 Å². The van der Waals surface area contributed by atoms with E-state index in [0.29, 0.717) is 13.0 Å². The van der Waals surface area contributed by atoms with Gasteiger partial charge in [-0.1, -0.05) is 0 Å². The van der Waals surface area contributed by atoms with E-state index in [1.54, 1.807) is 0 Å². The number of piperidine rings is 1. The molecule has 3 heterocycles. The Bertz CT molecular complexity index is 722. The molecule has 0 bridgehead atoms. The van der Waals surface area contributed by atoms with Crippen LogP contribution in [0.25, 0.3) is 0 Å². The van der Waals surface area contributed by atoms with Crippen molar-refractivity contribution in [2.24, 2.45) is 5.73 Å². The van der Waals surface area contributed by atoms with Gasteiger partial charge in [0.05, 0.1) is 6.54 Å². The van der Waals surface area contributed by atoms with Gasteiger partial charge in [-0.15, -0.1) is 10.2 Å². The number of nitrogens with two attached hydrogens (primary N) is 1. The maximum Gasteiger partial charge on any atom is 0.451 e. The first-order chi connectivity index (χ1) is 12.7. The molecule has 2 amide bonds. The molecule has 1 aromatic rings. The standard InChI is InChI=1S/C15H20F4N6O2/c16-10-2-1-3-24(13(10)27)7-9(20)6-12(26)23-4-5-25-11(8-23)21-22-14(25)15(17,18)19/h9-10H,1-8,20H2/t9-,10?/m0/s1. The number of amides is 2. The van der Waals surface area contributed by atoms with E-state index in [0.717, 1.165) is 4.57 Å². The summed E-state index contributed by atoms with van der Waals surface area (Å²) < 4.78 is 52.9. The van der Waals surface area contributed by atoms with Crippen molar-refractivity contribution in [2.75, 3.05) is 19.6 Å². The number of rotatable bonds is 4. The van der Waals surface area contributed by atoms with E-state index >= 15 is 0 Å². The van der Waals surface area contributed by atoms with Gasteiger partial charge in [0.1, 0.15) is 0 Å². The highest BCUT2D eigenvalue weighted by Gasteiger charge is 2.40. The molecule has 0 radical (unpaired) electrons. The second-order valence-electron chi connectivity index (χ2n) is 6.76. The maximum atomic E-state index is 13.5. The zero-order chi connectivity index (χ0) is 19.8.